The van der Waals surface area contributed by atoms with Crippen LogP contribution in [0.3, 0.4) is 0 Å². The van der Waals surface area contributed by atoms with Crippen molar-refractivity contribution in [2.75, 3.05) is 26.7 Å². The Balaban J connectivity index is 1.49. The minimum atomic E-state index is -0.592. The molecule has 4 saturated heterocycles. The second kappa shape index (κ2) is 5.96. The molecule has 4 aliphatic heterocycles. The van der Waals surface area contributed by atoms with Crippen molar-refractivity contribution < 1.29 is 9.53 Å². The summed E-state index contributed by atoms with van der Waals surface area (Å²) in [6.45, 7) is 3.16. The van der Waals surface area contributed by atoms with Gasteiger partial charge in [0.1, 0.15) is 5.75 Å². The van der Waals surface area contributed by atoms with Crippen molar-refractivity contribution in [2.45, 2.75) is 55.6 Å². The highest BCUT2D eigenvalue weighted by Gasteiger charge is 2.57. The Labute approximate surface area is 155 Å². The number of nitrogens with two attached hydrogens (primary N) is 1. The molecule has 140 valence electrons. The van der Waals surface area contributed by atoms with Crippen LogP contribution in [0.15, 0.2) is 24.3 Å². The number of hydrogen-bond donors (Lipinski definition) is 1. The van der Waals surface area contributed by atoms with Crippen LogP contribution in [-0.2, 0) is 4.79 Å². The van der Waals surface area contributed by atoms with Gasteiger partial charge in [-0.05, 0) is 68.8 Å². The van der Waals surface area contributed by atoms with Gasteiger partial charge in [0.25, 0.3) is 0 Å². The Morgan fingerprint density at radius 2 is 1.85 bits per heavy atom. The first-order valence-electron chi connectivity index (χ1n) is 10.1. The molecule has 0 radical (unpaired) electrons. The van der Waals surface area contributed by atoms with E-state index in [2.05, 4.69) is 21.9 Å². The van der Waals surface area contributed by atoms with Crippen molar-refractivity contribution in [1.82, 2.24) is 9.80 Å². The Kier molecular flexibility index (Phi) is 3.80. The fourth-order valence-electron chi connectivity index (χ4n) is 5.86. The maximum atomic E-state index is 13.3. The summed E-state index contributed by atoms with van der Waals surface area (Å²) >= 11 is 0. The summed E-state index contributed by atoms with van der Waals surface area (Å²) in [7, 11) is 1.70. The highest BCUT2D eigenvalue weighted by molar-refractivity contribution is 5.88. The number of likely N-dealkylation sites (tertiary alicyclic amines) is 1. The van der Waals surface area contributed by atoms with E-state index in [4.69, 9.17) is 10.5 Å². The fourth-order valence-corrected chi connectivity index (χ4v) is 5.86. The molecule has 1 aliphatic carbocycles. The highest BCUT2D eigenvalue weighted by Crippen LogP contribution is 2.48. The van der Waals surface area contributed by atoms with Crippen LogP contribution in [0.1, 0.15) is 43.6 Å². The standard InChI is InChI=1S/C21H29N3O2/c1-26-16-5-3-14(4-6-16)17-13-24(20(25)21(22)9-2-10-21)18-15-7-11-23(12-8-15)19(17)18/h3-6,15,17-19H,2,7-13,22H2,1H3/t17-,18+,19+/m0/s1. The SMILES string of the molecule is COc1ccc([C@@H]2CN(C(=O)C3(N)CCC3)[C@@H]3C4CCN(CC4)[C@@H]32)cc1. The molecule has 5 fully saturated rings. The smallest absolute Gasteiger partial charge is 0.242 e. The number of fused-ring (bicyclic) bond motifs is 2. The van der Waals surface area contributed by atoms with Gasteiger partial charge in [0.15, 0.2) is 0 Å². The highest BCUT2D eigenvalue weighted by atomic mass is 16.5. The molecule has 1 aromatic carbocycles. The topological polar surface area (TPSA) is 58.8 Å². The minimum Gasteiger partial charge on any atom is -0.497 e. The lowest BCUT2D eigenvalue weighted by Crippen LogP contribution is -2.65. The summed E-state index contributed by atoms with van der Waals surface area (Å²) in [6, 6.07) is 9.24. The van der Waals surface area contributed by atoms with E-state index in [1.165, 1.54) is 31.5 Å². The number of amides is 1. The molecular weight excluding hydrogens is 326 g/mol. The van der Waals surface area contributed by atoms with Crippen LogP contribution in [-0.4, -0.2) is 60.1 Å². The summed E-state index contributed by atoms with van der Waals surface area (Å²) in [5.74, 6) is 2.11. The van der Waals surface area contributed by atoms with Gasteiger partial charge in [0.05, 0.1) is 18.7 Å². The van der Waals surface area contributed by atoms with Gasteiger partial charge in [0.2, 0.25) is 5.91 Å². The van der Waals surface area contributed by atoms with Crippen LogP contribution in [0.5, 0.6) is 5.75 Å². The summed E-state index contributed by atoms with van der Waals surface area (Å²) in [5, 5.41) is 0. The van der Waals surface area contributed by atoms with Crippen molar-refractivity contribution in [2.24, 2.45) is 11.7 Å². The molecule has 1 amide bonds. The number of carbonyl (C=O) groups excluding carboxylic acids is 1. The molecule has 4 heterocycles. The van der Waals surface area contributed by atoms with Crippen LogP contribution in [0.25, 0.3) is 0 Å². The van der Waals surface area contributed by atoms with Crippen LogP contribution in [0.4, 0.5) is 0 Å². The van der Waals surface area contributed by atoms with Gasteiger partial charge in [-0.3, -0.25) is 9.69 Å². The molecule has 0 unspecified atom stereocenters. The zero-order valence-electron chi connectivity index (χ0n) is 15.6. The van der Waals surface area contributed by atoms with Gasteiger partial charge in [-0.15, -0.1) is 0 Å². The van der Waals surface area contributed by atoms with E-state index in [0.717, 1.165) is 31.6 Å². The molecule has 5 heteroatoms. The molecule has 0 spiro atoms. The molecule has 2 bridgehead atoms. The predicted molar refractivity (Wildman–Crippen MR) is 100 cm³/mol. The second-order valence-corrected chi connectivity index (χ2v) is 8.70. The molecule has 6 rings (SSSR count). The van der Waals surface area contributed by atoms with E-state index in [1.807, 2.05) is 12.1 Å². The lowest BCUT2D eigenvalue weighted by molar-refractivity contribution is -0.145. The molecule has 0 aromatic heterocycles. The van der Waals surface area contributed by atoms with Gasteiger partial charge in [-0.25, -0.2) is 0 Å². The lowest BCUT2D eigenvalue weighted by Gasteiger charge is -2.52. The maximum Gasteiger partial charge on any atom is 0.242 e. The Bertz CT molecular complexity index is 692. The number of carbonyl (C=O) groups is 1. The molecule has 26 heavy (non-hydrogen) atoms. The van der Waals surface area contributed by atoms with E-state index in [1.54, 1.807) is 7.11 Å². The van der Waals surface area contributed by atoms with Gasteiger partial charge in [-0.1, -0.05) is 12.1 Å². The number of nitrogens with zero attached hydrogens (tertiary/aromatic N) is 2. The third-order valence-corrected chi connectivity index (χ3v) is 7.47. The van der Waals surface area contributed by atoms with Gasteiger partial charge in [0, 0.05) is 18.5 Å². The van der Waals surface area contributed by atoms with E-state index >= 15 is 0 Å². The number of rotatable bonds is 3. The molecule has 1 aromatic rings. The van der Waals surface area contributed by atoms with Gasteiger partial charge in [-0.2, -0.15) is 0 Å². The summed E-state index contributed by atoms with van der Waals surface area (Å²) in [6.07, 6.45) is 5.22. The van der Waals surface area contributed by atoms with Crippen molar-refractivity contribution in [3.63, 3.8) is 0 Å². The predicted octanol–water partition coefficient (Wildman–Crippen LogP) is 1.97. The molecule has 5 nitrogen and oxygen atoms in total. The zero-order chi connectivity index (χ0) is 17.9. The number of ether oxygens (including phenoxy) is 1. The average molecular weight is 355 g/mol. The monoisotopic (exact) mass is 355 g/mol. The molecular formula is C21H29N3O2. The van der Waals surface area contributed by atoms with Crippen LogP contribution in [0.2, 0.25) is 0 Å². The quantitative estimate of drug-likeness (QED) is 0.901. The number of methoxy groups -OCH3 is 1. The first-order chi connectivity index (χ1) is 12.6. The number of hydrogen-bond acceptors (Lipinski definition) is 4. The molecule has 1 saturated carbocycles. The second-order valence-electron chi connectivity index (χ2n) is 8.70. The van der Waals surface area contributed by atoms with Crippen LogP contribution < -0.4 is 10.5 Å². The van der Waals surface area contributed by atoms with Crippen LogP contribution >= 0.6 is 0 Å². The first-order valence-corrected chi connectivity index (χ1v) is 10.1. The Morgan fingerprint density at radius 3 is 2.42 bits per heavy atom. The molecule has 3 atom stereocenters. The first kappa shape index (κ1) is 16.6. The van der Waals surface area contributed by atoms with E-state index in [0.29, 0.717) is 23.9 Å². The van der Waals surface area contributed by atoms with Gasteiger partial charge >= 0.3 is 0 Å². The number of piperidine rings is 3. The lowest BCUT2D eigenvalue weighted by atomic mass is 9.74. The Hall–Kier alpha value is -1.59. The van der Waals surface area contributed by atoms with Crippen molar-refractivity contribution in [3.05, 3.63) is 29.8 Å². The molecule has 5 aliphatic rings. The Morgan fingerprint density at radius 1 is 1.15 bits per heavy atom. The van der Waals surface area contributed by atoms with Crippen molar-refractivity contribution >= 4 is 5.91 Å². The van der Waals surface area contributed by atoms with Crippen molar-refractivity contribution in [1.29, 1.82) is 0 Å². The van der Waals surface area contributed by atoms with Gasteiger partial charge < -0.3 is 15.4 Å². The van der Waals surface area contributed by atoms with Crippen LogP contribution in [0, 0.1) is 5.92 Å². The zero-order valence-corrected chi connectivity index (χ0v) is 15.6. The summed E-state index contributed by atoms with van der Waals surface area (Å²) < 4.78 is 5.32. The van der Waals surface area contributed by atoms with E-state index < -0.39 is 5.54 Å². The molecule has 2 N–H and O–H groups in total. The number of benzene rings is 1. The maximum absolute atomic E-state index is 13.3. The average Bonchev–Trinajstić information content (AvgIpc) is 3.09. The summed E-state index contributed by atoms with van der Waals surface area (Å²) in [4.78, 5) is 18.1. The van der Waals surface area contributed by atoms with E-state index in [-0.39, 0.29) is 5.91 Å². The third kappa shape index (κ3) is 2.33. The third-order valence-electron chi connectivity index (χ3n) is 7.47. The van der Waals surface area contributed by atoms with E-state index in [9.17, 15) is 4.79 Å². The normalized spacial score (nSPS) is 37.2. The fraction of sp³-hybridized carbons (Fsp3) is 0.667. The minimum absolute atomic E-state index is 0.212. The largest absolute Gasteiger partial charge is 0.497 e. The summed E-state index contributed by atoms with van der Waals surface area (Å²) in [5.41, 5.74) is 7.18. The van der Waals surface area contributed by atoms with Crippen molar-refractivity contribution in [3.8, 4) is 5.75 Å².